The van der Waals surface area contributed by atoms with Gasteiger partial charge in [-0.1, -0.05) is 13.8 Å². The quantitative estimate of drug-likeness (QED) is 0.846. The maximum Gasteiger partial charge on any atom is 0.266 e. The first-order valence-corrected chi connectivity index (χ1v) is 9.95. The summed E-state index contributed by atoms with van der Waals surface area (Å²) in [6.07, 6.45) is 1.49. The van der Waals surface area contributed by atoms with Crippen molar-refractivity contribution < 1.29 is 14.3 Å². The number of aryl methyl sites for hydroxylation is 1. The van der Waals surface area contributed by atoms with Crippen molar-refractivity contribution in [3.8, 4) is 5.75 Å². The van der Waals surface area contributed by atoms with Crippen molar-refractivity contribution in [2.75, 3.05) is 19.0 Å². The van der Waals surface area contributed by atoms with Gasteiger partial charge in [0, 0.05) is 18.2 Å². The summed E-state index contributed by atoms with van der Waals surface area (Å²) < 4.78 is 5.13. The minimum atomic E-state index is -0.455. The second kappa shape index (κ2) is 8.08. The third-order valence-corrected chi connectivity index (χ3v) is 6.12. The number of amides is 2. The number of carbonyl (C=O) groups is 2. The summed E-state index contributed by atoms with van der Waals surface area (Å²) in [6.45, 7) is 6.58. The van der Waals surface area contributed by atoms with Crippen LogP contribution in [0.25, 0.3) is 0 Å². The predicted octanol–water partition coefficient (Wildman–Crippen LogP) is 3.83. The van der Waals surface area contributed by atoms with Gasteiger partial charge in [0.05, 0.1) is 17.8 Å². The Hall–Kier alpha value is -2.41. The SMILES string of the molecule is COc1ccc(NC(=O)C2CCCN2C(=O)c2sc(C(C)C)nc2C)cc1. The molecule has 0 radical (unpaired) electrons. The Labute approximate surface area is 163 Å². The number of thiazole rings is 1. The second-order valence-electron chi connectivity index (χ2n) is 7.00. The number of nitrogens with one attached hydrogen (secondary N) is 1. The molecule has 1 fully saturated rings. The Bertz CT molecular complexity index is 829. The molecule has 0 bridgehead atoms. The van der Waals surface area contributed by atoms with Crippen LogP contribution in [0.4, 0.5) is 5.69 Å². The fraction of sp³-hybridized carbons (Fsp3) is 0.450. The molecule has 1 aromatic heterocycles. The summed E-state index contributed by atoms with van der Waals surface area (Å²) in [5.74, 6) is 0.761. The van der Waals surface area contributed by atoms with Crippen LogP contribution in [0.1, 0.15) is 53.0 Å². The predicted molar refractivity (Wildman–Crippen MR) is 107 cm³/mol. The lowest BCUT2D eigenvalue weighted by Gasteiger charge is -2.23. The van der Waals surface area contributed by atoms with Gasteiger partial charge in [-0.15, -0.1) is 11.3 Å². The number of aromatic nitrogens is 1. The molecule has 27 heavy (non-hydrogen) atoms. The van der Waals surface area contributed by atoms with E-state index in [4.69, 9.17) is 4.74 Å². The van der Waals surface area contributed by atoms with Crippen molar-refractivity contribution in [2.24, 2.45) is 0 Å². The summed E-state index contributed by atoms with van der Waals surface area (Å²) >= 11 is 1.44. The summed E-state index contributed by atoms with van der Waals surface area (Å²) in [5.41, 5.74) is 1.44. The molecule has 2 aromatic rings. The fourth-order valence-corrected chi connectivity index (χ4v) is 4.20. The highest BCUT2D eigenvalue weighted by atomic mass is 32.1. The van der Waals surface area contributed by atoms with E-state index in [0.717, 1.165) is 22.9 Å². The van der Waals surface area contributed by atoms with Gasteiger partial charge in [0.25, 0.3) is 5.91 Å². The zero-order chi connectivity index (χ0) is 19.6. The molecule has 2 heterocycles. The number of nitrogens with zero attached hydrogens (tertiary/aromatic N) is 2. The Kier molecular flexibility index (Phi) is 5.79. The average molecular weight is 388 g/mol. The molecule has 1 aromatic carbocycles. The Morgan fingerprint density at radius 3 is 2.59 bits per heavy atom. The number of anilines is 1. The minimum absolute atomic E-state index is 0.0933. The van der Waals surface area contributed by atoms with Gasteiger partial charge in [0.2, 0.25) is 5.91 Å². The molecule has 0 spiro atoms. The first kappa shape index (κ1) is 19.4. The highest BCUT2D eigenvalue weighted by molar-refractivity contribution is 7.13. The molecule has 1 aliphatic heterocycles. The van der Waals surface area contributed by atoms with E-state index in [1.54, 1.807) is 36.3 Å². The number of methoxy groups -OCH3 is 1. The number of likely N-dealkylation sites (tertiary alicyclic amines) is 1. The minimum Gasteiger partial charge on any atom is -0.497 e. The molecule has 1 N–H and O–H groups in total. The van der Waals surface area contributed by atoms with Crippen LogP contribution in [-0.4, -0.2) is 41.4 Å². The molecule has 1 saturated heterocycles. The van der Waals surface area contributed by atoms with Crippen molar-refractivity contribution in [1.82, 2.24) is 9.88 Å². The van der Waals surface area contributed by atoms with Crippen molar-refractivity contribution in [3.63, 3.8) is 0 Å². The van der Waals surface area contributed by atoms with Crippen molar-refractivity contribution in [1.29, 1.82) is 0 Å². The van der Waals surface area contributed by atoms with Gasteiger partial charge in [-0.2, -0.15) is 0 Å². The van der Waals surface area contributed by atoms with E-state index in [1.165, 1.54) is 11.3 Å². The molecule has 1 aliphatic rings. The van der Waals surface area contributed by atoms with Crippen molar-refractivity contribution >= 4 is 28.8 Å². The van der Waals surface area contributed by atoms with Crippen LogP contribution < -0.4 is 10.1 Å². The van der Waals surface area contributed by atoms with E-state index in [-0.39, 0.29) is 17.7 Å². The van der Waals surface area contributed by atoms with Crippen LogP contribution in [0.2, 0.25) is 0 Å². The van der Waals surface area contributed by atoms with Crippen LogP contribution in [0.3, 0.4) is 0 Å². The monoisotopic (exact) mass is 387 g/mol. The number of ether oxygens (including phenoxy) is 1. The number of benzene rings is 1. The van der Waals surface area contributed by atoms with Gasteiger partial charge < -0.3 is 15.0 Å². The normalized spacial score (nSPS) is 16.6. The summed E-state index contributed by atoms with van der Waals surface area (Å²) in [4.78, 5) is 32.7. The van der Waals surface area contributed by atoms with E-state index in [0.29, 0.717) is 23.5 Å². The molecule has 3 rings (SSSR count). The molecular formula is C20H25N3O3S. The third kappa shape index (κ3) is 4.13. The van der Waals surface area contributed by atoms with Crippen molar-refractivity contribution in [2.45, 2.75) is 45.6 Å². The molecule has 1 unspecified atom stereocenters. The molecule has 0 saturated carbocycles. The number of carbonyl (C=O) groups excluding carboxylic acids is 2. The molecule has 6 nitrogen and oxygen atoms in total. The van der Waals surface area contributed by atoms with Crippen LogP contribution in [-0.2, 0) is 4.79 Å². The summed E-state index contributed by atoms with van der Waals surface area (Å²) in [6, 6.07) is 6.71. The Balaban J connectivity index is 1.74. The highest BCUT2D eigenvalue weighted by Gasteiger charge is 2.36. The first-order valence-electron chi connectivity index (χ1n) is 9.14. The summed E-state index contributed by atoms with van der Waals surface area (Å²) in [7, 11) is 1.60. The number of hydrogen-bond acceptors (Lipinski definition) is 5. The van der Waals surface area contributed by atoms with Gasteiger partial charge in [0.15, 0.2) is 0 Å². The molecule has 0 aliphatic carbocycles. The van der Waals surface area contributed by atoms with Crippen molar-refractivity contribution in [3.05, 3.63) is 39.8 Å². The lowest BCUT2D eigenvalue weighted by atomic mass is 10.2. The number of rotatable bonds is 5. The van der Waals surface area contributed by atoms with Gasteiger partial charge in [0.1, 0.15) is 16.7 Å². The lowest BCUT2D eigenvalue weighted by molar-refractivity contribution is -0.119. The molecule has 7 heteroatoms. The van der Waals surface area contributed by atoms with E-state index in [2.05, 4.69) is 24.1 Å². The van der Waals surface area contributed by atoms with Gasteiger partial charge >= 0.3 is 0 Å². The molecular weight excluding hydrogens is 362 g/mol. The topological polar surface area (TPSA) is 71.5 Å². The molecule has 144 valence electrons. The molecule has 1 atom stereocenters. The van der Waals surface area contributed by atoms with E-state index in [1.807, 2.05) is 6.92 Å². The average Bonchev–Trinajstić information content (AvgIpc) is 3.28. The van der Waals surface area contributed by atoms with Gasteiger partial charge in [-0.3, -0.25) is 9.59 Å². The molecule has 2 amide bonds. The zero-order valence-electron chi connectivity index (χ0n) is 16.1. The van der Waals surface area contributed by atoms with Crippen LogP contribution >= 0.6 is 11.3 Å². The smallest absolute Gasteiger partial charge is 0.266 e. The van der Waals surface area contributed by atoms with Gasteiger partial charge in [-0.25, -0.2) is 4.98 Å². The van der Waals surface area contributed by atoms with Crippen LogP contribution in [0.15, 0.2) is 24.3 Å². The van der Waals surface area contributed by atoms with Crippen LogP contribution in [0.5, 0.6) is 5.75 Å². The summed E-state index contributed by atoms with van der Waals surface area (Å²) in [5, 5.41) is 3.86. The number of hydrogen-bond donors (Lipinski definition) is 1. The maximum atomic E-state index is 13.1. The van der Waals surface area contributed by atoms with E-state index < -0.39 is 6.04 Å². The van der Waals surface area contributed by atoms with E-state index >= 15 is 0 Å². The first-order chi connectivity index (χ1) is 12.9. The Morgan fingerprint density at radius 2 is 2.00 bits per heavy atom. The Morgan fingerprint density at radius 1 is 1.30 bits per heavy atom. The zero-order valence-corrected chi connectivity index (χ0v) is 16.9. The largest absolute Gasteiger partial charge is 0.497 e. The van der Waals surface area contributed by atoms with Crippen LogP contribution in [0, 0.1) is 6.92 Å². The fourth-order valence-electron chi connectivity index (χ4n) is 3.18. The second-order valence-corrected chi connectivity index (χ2v) is 8.03. The third-order valence-electron chi connectivity index (χ3n) is 4.68. The maximum absolute atomic E-state index is 13.1. The highest BCUT2D eigenvalue weighted by Crippen LogP contribution is 2.29. The van der Waals surface area contributed by atoms with E-state index in [9.17, 15) is 9.59 Å². The lowest BCUT2D eigenvalue weighted by Crippen LogP contribution is -2.43. The standard InChI is InChI=1S/C20H25N3O3S/c1-12(2)19-21-13(3)17(27-19)20(25)23-11-5-6-16(23)18(24)22-14-7-9-15(26-4)10-8-14/h7-10,12,16H,5-6,11H2,1-4H3,(H,22,24). The van der Waals surface area contributed by atoms with Gasteiger partial charge in [-0.05, 0) is 44.0 Å².